The molecular weight excluding hydrogens is 204 g/mol. The zero-order valence-corrected chi connectivity index (χ0v) is 8.80. The van der Waals surface area contributed by atoms with Gasteiger partial charge in [-0.2, -0.15) is 0 Å². The summed E-state index contributed by atoms with van der Waals surface area (Å²) in [6.45, 7) is 2.03. The number of halogens is 1. The Morgan fingerprint density at radius 3 is 2.64 bits per heavy atom. The van der Waals surface area contributed by atoms with Gasteiger partial charge in [0.2, 0.25) is 5.28 Å². The molecule has 1 aromatic heterocycles. The van der Waals surface area contributed by atoms with Crippen LogP contribution in [0.5, 0.6) is 0 Å². The highest BCUT2D eigenvalue weighted by Gasteiger charge is 2.45. The first kappa shape index (κ1) is 9.52. The first-order chi connectivity index (χ1) is 6.46. The van der Waals surface area contributed by atoms with Gasteiger partial charge in [-0.3, -0.25) is 0 Å². The van der Waals surface area contributed by atoms with Gasteiger partial charge < -0.3 is 9.67 Å². The number of carbonyl (C=O) groups is 1. The van der Waals surface area contributed by atoms with Crippen LogP contribution in [0.4, 0.5) is 0 Å². The third-order valence-corrected chi connectivity index (χ3v) is 3.15. The molecule has 0 aromatic carbocycles. The number of carboxylic acids is 1. The molecule has 5 heteroatoms. The van der Waals surface area contributed by atoms with E-state index in [0.29, 0.717) is 0 Å². The van der Waals surface area contributed by atoms with Crippen molar-refractivity contribution < 1.29 is 9.90 Å². The summed E-state index contributed by atoms with van der Waals surface area (Å²) in [6.07, 6.45) is 2.01. The molecule has 1 aliphatic carbocycles. The van der Waals surface area contributed by atoms with E-state index < -0.39 is 5.97 Å². The maximum Gasteiger partial charge on any atom is 0.356 e. The molecule has 1 aromatic rings. The van der Waals surface area contributed by atoms with Gasteiger partial charge >= 0.3 is 5.97 Å². The van der Waals surface area contributed by atoms with Crippen molar-refractivity contribution >= 4 is 17.6 Å². The van der Waals surface area contributed by atoms with Crippen LogP contribution >= 0.6 is 11.6 Å². The molecule has 0 amide bonds. The fourth-order valence-electron chi connectivity index (χ4n) is 1.74. The standard InChI is InChI=1S/C9H11ClN2O2/c1-9(3-4-9)6-5(7(13)14)11-8(10)12(6)2/h3-4H2,1-2H3,(H,13,14). The zero-order chi connectivity index (χ0) is 10.5. The van der Waals surface area contributed by atoms with Crippen LogP contribution in [0.1, 0.15) is 35.9 Å². The molecule has 1 fully saturated rings. The summed E-state index contributed by atoms with van der Waals surface area (Å²) in [5.41, 5.74) is 0.801. The van der Waals surface area contributed by atoms with Crippen LogP contribution in [0.25, 0.3) is 0 Å². The van der Waals surface area contributed by atoms with Gasteiger partial charge in [-0.1, -0.05) is 6.92 Å². The molecule has 4 nitrogen and oxygen atoms in total. The zero-order valence-electron chi connectivity index (χ0n) is 8.04. The van der Waals surface area contributed by atoms with Gasteiger partial charge in [0.05, 0.1) is 5.69 Å². The summed E-state index contributed by atoms with van der Waals surface area (Å²) in [6, 6.07) is 0. The maximum atomic E-state index is 10.9. The highest BCUT2D eigenvalue weighted by atomic mass is 35.5. The molecule has 0 saturated heterocycles. The van der Waals surface area contributed by atoms with Crippen molar-refractivity contribution in [2.45, 2.75) is 25.2 Å². The lowest BCUT2D eigenvalue weighted by atomic mass is 10.0. The Bertz CT molecular complexity index is 407. The molecule has 14 heavy (non-hydrogen) atoms. The Hall–Kier alpha value is -1.03. The molecule has 0 bridgehead atoms. The first-order valence-corrected chi connectivity index (χ1v) is 4.79. The van der Waals surface area contributed by atoms with Crippen molar-refractivity contribution in [1.29, 1.82) is 0 Å². The molecule has 0 aliphatic heterocycles. The molecule has 0 atom stereocenters. The normalized spacial score (nSPS) is 18.2. The predicted octanol–water partition coefficient (Wildman–Crippen LogP) is 1.82. The van der Waals surface area contributed by atoms with Gasteiger partial charge in [0.15, 0.2) is 5.69 Å². The van der Waals surface area contributed by atoms with E-state index in [1.54, 1.807) is 11.6 Å². The Morgan fingerprint density at radius 2 is 2.21 bits per heavy atom. The summed E-state index contributed by atoms with van der Waals surface area (Å²) in [5, 5.41) is 9.20. The van der Waals surface area contributed by atoms with Crippen molar-refractivity contribution in [3.8, 4) is 0 Å². The highest BCUT2D eigenvalue weighted by molar-refractivity contribution is 6.28. The van der Waals surface area contributed by atoms with Gasteiger partial charge in [-0.25, -0.2) is 9.78 Å². The first-order valence-electron chi connectivity index (χ1n) is 4.42. The van der Waals surface area contributed by atoms with E-state index in [2.05, 4.69) is 4.98 Å². The minimum Gasteiger partial charge on any atom is -0.476 e. The Labute approximate surface area is 86.5 Å². The predicted molar refractivity (Wildman–Crippen MR) is 51.8 cm³/mol. The monoisotopic (exact) mass is 214 g/mol. The van der Waals surface area contributed by atoms with Gasteiger partial charge in [0, 0.05) is 12.5 Å². The van der Waals surface area contributed by atoms with E-state index in [4.69, 9.17) is 16.7 Å². The molecule has 1 N–H and O–H groups in total. The minimum atomic E-state index is -1.00. The maximum absolute atomic E-state index is 10.9. The molecule has 1 heterocycles. The second-order valence-electron chi connectivity index (χ2n) is 4.00. The van der Waals surface area contributed by atoms with Crippen molar-refractivity contribution in [2.75, 3.05) is 0 Å². The number of imidazole rings is 1. The van der Waals surface area contributed by atoms with E-state index in [1.165, 1.54) is 0 Å². The summed E-state index contributed by atoms with van der Waals surface area (Å²) in [5.74, 6) is -1.00. The summed E-state index contributed by atoms with van der Waals surface area (Å²) in [4.78, 5) is 14.8. The molecule has 76 valence electrons. The number of nitrogens with zero attached hydrogens (tertiary/aromatic N) is 2. The SMILES string of the molecule is Cn1c(Cl)nc(C(=O)O)c1C1(C)CC1. The highest BCUT2D eigenvalue weighted by Crippen LogP contribution is 2.49. The van der Waals surface area contributed by atoms with Crippen LogP contribution in [-0.2, 0) is 12.5 Å². The quantitative estimate of drug-likeness (QED) is 0.817. The number of hydrogen-bond acceptors (Lipinski definition) is 2. The largest absolute Gasteiger partial charge is 0.476 e. The van der Waals surface area contributed by atoms with E-state index >= 15 is 0 Å². The van der Waals surface area contributed by atoms with Crippen molar-refractivity contribution in [1.82, 2.24) is 9.55 Å². The van der Waals surface area contributed by atoms with Crippen LogP contribution in [0, 0.1) is 0 Å². The molecular formula is C9H11ClN2O2. The second kappa shape index (κ2) is 2.73. The lowest BCUT2D eigenvalue weighted by molar-refractivity contribution is 0.0688. The lowest BCUT2D eigenvalue weighted by Gasteiger charge is -2.10. The Kier molecular flexibility index (Phi) is 1.86. The Morgan fingerprint density at radius 1 is 1.64 bits per heavy atom. The summed E-state index contributed by atoms with van der Waals surface area (Å²) < 4.78 is 1.66. The number of carboxylic acid groups (broad SMARTS) is 1. The van der Waals surface area contributed by atoms with E-state index in [-0.39, 0.29) is 16.4 Å². The molecule has 0 unspecified atom stereocenters. The van der Waals surface area contributed by atoms with Crippen molar-refractivity contribution in [2.24, 2.45) is 7.05 Å². The summed E-state index contributed by atoms with van der Waals surface area (Å²) in [7, 11) is 1.75. The molecule has 1 aliphatic rings. The molecule has 0 radical (unpaired) electrons. The van der Waals surface area contributed by atoms with Gasteiger partial charge in [-0.15, -0.1) is 0 Å². The van der Waals surface area contributed by atoms with Gasteiger partial charge in [0.25, 0.3) is 0 Å². The molecule has 1 saturated carbocycles. The summed E-state index contributed by atoms with van der Waals surface area (Å²) >= 11 is 5.80. The van der Waals surface area contributed by atoms with Crippen molar-refractivity contribution in [3.05, 3.63) is 16.7 Å². The minimum absolute atomic E-state index is 0.0391. The Balaban J connectivity index is 2.61. The van der Waals surface area contributed by atoms with Crippen LogP contribution in [-0.4, -0.2) is 20.6 Å². The lowest BCUT2D eigenvalue weighted by Crippen LogP contribution is -2.13. The number of rotatable bonds is 2. The van der Waals surface area contributed by atoms with E-state index in [0.717, 1.165) is 18.5 Å². The number of aromatic carboxylic acids is 1. The smallest absolute Gasteiger partial charge is 0.356 e. The third-order valence-electron chi connectivity index (χ3n) is 2.81. The number of hydrogen-bond donors (Lipinski definition) is 1. The van der Waals surface area contributed by atoms with Crippen LogP contribution < -0.4 is 0 Å². The molecule has 0 spiro atoms. The fraction of sp³-hybridized carbons (Fsp3) is 0.556. The van der Waals surface area contributed by atoms with Gasteiger partial charge in [-0.05, 0) is 24.4 Å². The average Bonchev–Trinajstić information content (AvgIpc) is 2.74. The van der Waals surface area contributed by atoms with E-state index in [1.807, 2.05) is 6.92 Å². The van der Waals surface area contributed by atoms with Gasteiger partial charge in [0.1, 0.15) is 0 Å². The third kappa shape index (κ3) is 1.21. The molecule has 2 rings (SSSR count). The fourth-order valence-corrected chi connectivity index (χ4v) is 1.90. The van der Waals surface area contributed by atoms with Crippen LogP contribution in [0.15, 0.2) is 0 Å². The average molecular weight is 215 g/mol. The van der Waals surface area contributed by atoms with E-state index in [9.17, 15) is 4.79 Å². The van der Waals surface area contributed by atoms with Crippen LogP contribution in [0.3, 0.4) is 0 Å². The second-order valence-corrected chi connectivity index (χ2v) is 4.34. The number of aromatic nitrogens is 2. The topological polar surface area (TPSA) is 55.1 Å². The van der Waals surface area contributed by atoms with Crippen molar-refractivity contribution in [3.63, 3.8) is 0 Å². The van der Waals surface area contributed by atoms with Crippen LogP contribution in [0.2, 0.25) is 5.28 Å².